The molecule has 0 aliphatic carbocycles. The van der Waals surface area contributed by atoms with Crippen molar-refractivity contribution in [3.05, 3.63) is 0 Å². The minimum Gasteiger partial charge on any atom is -0.480 e. The van der Waals surface area contributed by atoms with Gasteiger partial charge in [-0.3, -0.25) is 14.9 Å². The van der Waals surface area contributed by atoms with Crippen molar-refractivity contribution >= 4 is 11.9 Å². The molecule has 0 saturated carbocycles. The largest absolute Gasteiger partial charge is 0.480 e. The van der Waals surface area contributed by atoms with Gasteiger partial charge in [0.25, 0.3) is 0 Å². The molecule has 0 rings (SSSR count). The van der Waals surface area contributed by atoms with Crippen LogP contribution in [0.2, 0.25) is 0 Å². The van der Waals surface area contributed by atoms with Crippen LogP contribution in [-0.2, 0) is 9.59 Å². The molecule has 112 valence electrons. The van der Waals surface area contributed by atoms with Gasteiger partial charge in [0.15, 0.2) is 0 Å². The summed E-state index contributed by atoms with van der Waals surface area (Å²) >= 11 is 0. The summed E-state index contributed by atoms with van der Waals surface area (Å²) in [4.78, 5) is 21.6. The lowest BCUT2D eigenvalue weighted by Gasteiger charge is -2.05. The molecule has 0 aliphatic rings. The highest BCUT2D eigenvalue weighted by molar-refractivity contribution is 5.75. The number of carboxylic acid groups (broad SMARTS) is 1. The Hall–Kier alpha value is -1.10. The molecular weight excluding hydrogens is 244 g/mol. The predicted molar refractivity (Wildman–Crippen MR) is 75.9 cm³/mol. The van der Waals surface area contributed by atoms with Crippen molar-refractivity contribution in [3.63, 3.8) is 0 Å². The van der Waals surface area contributed by atoms with Crippen molar-refractivity contribution in [1.82, 2.24) is 10.6 Å². The SMILES string of the molecule is CCCCCCCCCCC(=O)NCNCC(=O)O. The zero-order valence-corrected chi connectivity index (χ0v) is 12.0. The Balaban J connectivity index is 3.18. The maximum Gasteiger partial charge on any atom is 0.317 e. The van der Waals surface area contributed by atoms with E-state index >= 15 is 0 Å². The van der Waals surface area contributed by atoms with Gasteiger partial charge >= 0.3 is 5.97 Å². The molecule has 0 saturated heterocycles. The topological polar surface area (TPSA) is 78.4 Å². The summed E-state index contributed by atoms with van der Waals surface area (Å²) in [5, 5.41) is 13.6. The summed E-state index contributed by atoms with van der Waals surface area (Å²) in [6.45, 7) is 2.31. The average Bonchev–Trinajstić information content (AvgIpc) is 2.37. The van der Waals surface area contributed by atoms with E-state index in [9.17, 15) is 9.59 Å². The number of amides is 1. The Morgan fingerprint density at radius 3 is 2.11 bits per heavy atom. The number of carboxylic acids is 1. The lowest BCUT2D eigenvalue weighted by Crippen LogP contribution is -2.36. The maximum atomic E-state index is 11.4. The first-order valence-electron chi connectivity index (χ1n) is 7.36. The molecule has 5 heteroatoms. The first kappa shape index (κ1) is 17.9. The number of aliphatic carboxylic acids is 1. The molecule has 3 N–H and O–H groups in total. The quantitative estimate of drug-likeness (QED) is 0.355. The van der Waals surface area contributed by atoms with Crippen molar-refractivity contribution in [2.45, 2.75) is 64.7 Å². The Morgan fingerprint density at radius 2 is 1.53 bits per heavy atom. The van der Waals surface area contributed by atoms with E-state index < -0.39 is 5.97 Å². The van der Waals surface area contributed by atoms with Gasteiger partial charge in [0, 0.05) is 6.42 Å². The molecule has 0 spiro atoms. The molecule has 0 aromatic rings. The van der Waals surface area contributed by atoms with Crippen LogP contribution in [0.5, 0.6) is 0 Å². The molecule has 0 radical (unpaired) electrons. The Bertz CT molecular complexity index is 245. The molecule has 0 atom stereocenters. The van der Waals surface area contributed by atoms with E-state index in [2.05, 4.69) is 17.6 Å². The molecule has 0 fully saturated rings. The second-order valence-corrected chi connectivity index (χ2v) is 4.82. The molecule has 0 unspecified atom stereocenters. The first-order valence-corrected chi connectivity index (χ1v) is 7.36. The second-order valence-electron chi connectivity index (χ2n) is 4.82. The predicted octanol–water partition coefficient (Wildman–Crippen LogP) is 2.27. The fraction of sp³-hybridized carbons (Fsp3) is 0.857. The molecule has 0 aromatic heterocycles. The number of hydrogen-bond donors (Lipinski definition) is 3. The van der Waals surface area contributed by atoms with Gasteiger partial charge < -0.3 is 10.4 Å². The third kappa shape index (κ3) is 14.8. The molecule has 0 aromatic carbocycles. The van der Waals surface area contributed by atoms with Gasteiger partial charge in [0.1, 0.15) is 0 Å². The van der Waals surface area contributed by atoms with Crippen LogP contribution in [0, 0.1) is 0 Å². The number of carbonyl (C=O) groups excluding carboxylic acids is 1. The maximum absolute atomic E-state index is 11.4. The van der Waals surface area contributed by atoms with E-state index in [1.807, 2.05) is 0 Å². The molecule has 19 heavy (non-hydrogen) atoms. The van der Waals surface area contributed by atoms with Crippen LogP contribution in [0.15, 0.2) is 0 Å². The van der Waals surface area contributed by atoms with E-state index in [0.29, 0.717) is 6.42 Å². The third-order valence-electron chi connectivity index (χ3n) is 2.94. The van der Waals surface area contributed by atoms with Gasteiger partial charge in [-0.2, -0.15) is 0 Å². The van der Waals surface area contributed by atoms with Crippen LogP contribution in [0.1, 0.15) is 64.7 Å². The van der Waals surface area contributed by atoms with E-state index in [1.165, 1.54) is 38.5 Å². The van der Waals surface area contributed by atoms with Crippen molar-refractivity contribution in [2.24, 2.45) is 0 Å². The highest BCUT2D eigenvalue weighted by Crippen LogP contribution is 2.09. The molecular formula is C14H28N2O3. The molecule has 5 nitrogen and oxygen atoms in total. The summed E-state index contributed by atoms with van der Waals surface area (Å²) in [7, 11) is 0. The normalized spacial score (nSPS) is 10.4. The van der Waals surface area contributed by atoms with Gasteiger partial charge in [0.05, 0.1) is 13.2 Å². The molecule has 0 heterocycles. The van der Waals surface area contributed by atoms with Crippen molar-refractivity contribution in [1.29, 1.82) is 0 Å². The average molecular weight is 272 g/mol. The highest BCUT2D eigenvalue weighted by Gasteiger charge is 2.01. The minimum absolute atomic E-state index is 0.0103. The molecule has 0 aliphatic heterocycles. The van der Waals surface area contributed by atoms with Crippen LogP contribution in [0.25, 0.3) is 0 Å². The van der Waals surface area contributed by atoms with Crippen molar-refractivity contribution in [3.8, 4) is 0 Å². The fourth-order valence-corrected chi connectivity index (χ4v) is 1.84. The van der Waals surface area contributed by atoms with Crippen molar-refractivity contribution < 1.29 is 14.7 Å². The van der Waals surface area contributed by atoms with Crippen LogP contribution >= 0.6 is 0 Å². The minimum atomic E-state index is -0.919. The summed E-state index contributed by atoms with van der Waals surface area (Å²) in [5.41, 5.74) is 0. The smallest absolute Gasteiger partial charge is 0.317 e. The van der Waals surface area contributed by atoms with E-state index in [-0.39, 0.29) is 19.1 Å². The second kappa shape index (κ2) is 13.3. The lowest BCUT2D eigenvalue weighted by molar-refractivity contribution is -0.136. The number of rotatable bonds is 13. The molecule has 0 bridgehead atoms. The molecule has 1 amide bonds. The lowest BCUT2D eigenvalue weighted by atomic mass is 10.1. The summed E-state index contributed by atoms with van der Waals surface area (Å²) < 4.78 is 0. The summed E-state index contributed by atoms with van der Waals surface area (Å²) in [5.74, 6) is -0.929. The van der Waals surface area contributed by atoms with E-state index in [0.717, 1.165) is 12.8 Å². The van der Waals surface area contributed by atoms with E-state index in [4.69, 9.17) is 5.11 Å². The fourth-order valence-electron chi connectivity index (χ4n) is 1.84. The zero-order chi connectivity index (χ0) is 14.3. The Morgan fingerprint density at radius 1 is 0.947 bits per heavy atom. The summed E-state index contributed by atoms with van der Waals surface area (Å²) in [6.07, 6.45) is 10.2. The van der Waals surface area contributed by atoms with Crippen LogP contribution < -0.4 is 10.6 Å². The van der Waals surface area contributed by atoms with Gasteiger partial charge in [-0.05, 0) is 6.42 Å². The Kier molecular flexibility index (Phi) is 12.6. The summed E-state index contributed by atoms with van der Waals surface area (Å²) in [6, 6.07) is 0. The van der Waals surface area contributed by atoms with Gasteiger partial charge in [-0.15, -0.1) is 0 Å². The number of hydrogen-bond acceptors (Lipinski definition) is 3. The number of carbonyl (C=O) groups is 2. The monoisotopic (exact) mass is 272 g/mol. The zero-order valence-electron chi connectivity index (χ0n) is 12.0. The third-order valence-corrected chi connectivity index (χ3v) is 2.94. The first-order chi connectivity index (χ1) is 9.16. The van der Waals surface area contributed by atoms with Gasteiger partial charge in [-0.1, -0.05) is 51.9 Å². The number of unbranched alkanes of at least 4 members (excludes halogenated alkanes) is 7. The standard InChI is InChI=1S/C14H28N2O3/c1-2-3-4-5-6-7-8-9-10-13(17)16-12-15-11-14(18)19/h15H,2-12H2,1H3,(H,16,17)(H,18,19). The highest BCUT2D eigenvalue weighted by atomic mass is 16.4. The Labute approximate surface area is 116 Å². The van der Waals surface area contributed by atoms with Crippen LogP contribution in [-0.4, -0.2) is 30.2 Å². The van der Waals surface area contributed by atoms with Gasteiger partial charge in [-0.25, -0.2) is 0 Å². The van der Waals surface area contributed by atoms with E-state index in [1.54, 1.807) is 0 Å². The van der Waals surface area contributed by atoms with Gasteiger partial charge in [0.2, 0.25) is 5.91 Å². The number of nitrogens with one attached hydrogen (secondary N) is 2. The van der Waals surface area contributed by atoms with Crippen LogP contribution in [0.4, 0.5) is 0 Å². The van der Waals surface area contributed by atoms with Crippen LogP contribution in [0.3, 0.4) is 0 Å². The van der Waals surface area contributed by atoms with Crippen molar-refractivity contribution in [2.75, 3.05) is 13.2 Å².